The zero-order chi connectivity index (χ0) is 21.5. The molecular weight excluding hydrogens is 392 g/mol. The summed E-state index contributed by atoms with van der Waals surface area (Å²) in [5, 5.41) is 0. The minimum absolute atomic E-state index is 0.881. The summed E-state index contributed by atoms with van der Waals surface area (Å²) in [7, 11) is 1.70. The largest absolute Gasteiger partial charge is 0.497 e. The van der Waals surface area contributed by atoms with Gasteiger partial charge in [-0.2, -0.15) is 9.13 Å². The molecule has 0 aliphatic carbocycles. The number of hydrogen-bond acceptors (Lipinski definition) is 1. The third-order valence-electron chi connectivity index (χ3n) is 6.72. The number of ether oxygens (including phenoxy) is 1. The van der Waals surface area contributed by atoms with Gasteiger partial charge in [-0.1, -0.05) is 36.4 Å². The lowest BCUT2D eigenvalue weighted by molar-refractivity contribution is -0.689. The molecule has 2 aromatic heterocycles. The fourth-order valence-corrected chi connectivity index (χ4v) is 5.04. The summed E-state index contributed by atoms with van der Waals surface area (Å²) in [6, 6.07) is 24.0. The Labute approximate surface area is 188 Å². The van der Waals surface area contributed by atoms with Gasteiger partial charge in [0.2, 0.25) is 11.4 Å². The number of nitrogens with zero attached hydrogens (tertiary/aromatic N) is 2. The van der Waals surface area contributed by atoms with E-state index in [4.69, 9.17) is 4.74 Å². The van der Waals surface area contributed by atoms with Gasteiger partial charge in [0.25, 0.3) is 0 Å². The SMILES string of the molecule is COc1ccc(C=Cc2cc[n+]3c(c2)-c2c(ccc4c2-c2cccc[n+]2CC4)CC3)cc1. The van der Waals surface area contributed by atoms with Gasteiger partial charge in [-0.05, 0) is 40.5 Å². The van der Waals surface area contributed by atoms with Gasteiger partial charge < -0.3 is 4.74 Å². The number of hydrogen-bond donors (Lipinski definition) is 0. The quantitative estimate of drug-likeness (QED) is 0.433. The molecule has 32 heavy (non-hydrogen) atoms. The van der Waals surface area contributed by atoms with Crippen LogP contribution in [0, 0.1) is 0 Å². The molecule has 0 fully saturated rings. The van der Waals surface area contributed by atoms with Crippen LogP contribution in [0.2, 0.25) is 0 Å². The van der Waals surface area contributed by atoms with E-state index >= 15 is 0 Å². The number of rotatable bonds is 3. The normalized spacial score (nSPS) is 13.8. The van der Waals surface area contributed by atoms with Crippen molar-refractivity contribution in [1.82, 2.24) is 0 Å². The summed E-state index contributed by atoms with van der Waals surface area (Å²) in [6.45, 7) is 2.07. The average molecular weight is 419 g/mol. The predicted molar refractivity (Wildman–Crippen MR) is 127 cm³/mol. The van der Waals surface area contributed by atoms with Crippen molar-refractivity contribution in [3.05, 3.63) is 101 Å². The predicted octanol–water partition coefficient (Wildman–Crippen LogP) is 4.89. The molecule has 0 unspecified atom stereocenters. The highest BCUT2D eigenvalue weighted by Crippen LogP contribution is 2.39. The van der Waals surface area contributed by atoms with Crippen LogP contribution in [0.15, 0.2) is 79.1 Å². The lowest BCUT2D eigenvalue weighted by atomic mass is 9.85. The second kappa shape index (κ2) is 7.76. The smallest absolute Gasteiger partial charge is 0.214 e. The Morgan fingerprint density at radius 1 is 0.688 bits per heavy atom. The van der Waals surface area contributed by atoms with Crippen molar-refractivity contribution in [2.24, 2.45) is 0 Å². The van der Waals surface area contributed by atoms with E-state index in [-0.39, 0.29) is 0 Å². The summed E-state index contributed by atoms with van der Waals surface area (Å²) in [5.41, 5.74) is 10.8. The maximum Gasteiger partial charge on any atom is 0.214 e. The van der Waals surface area contributed by atoms with E-state index in [9.17, 15) is 0 Å². The molecular formula is C29H26N2O+2. The van der Waals surface area contributed by atoms with Crippen molar-refractivity contribution in [2.75, 3.05) is 7.11 Å². The van der Waals surface area contributed by atoms with E-state index in [0.29, 0.717) is 0 Å². The van der Waals surface area contributed by atoms with Crippen molar-refractivity contribution < 1.29 is 13.9 Å². The van der Waals surface area contributed by atoms with E-state index in [1.165, 1.54) is 44.8 Å². The van der Waals surface area contributed by atoms with Crippen molar-refractivity contribution in [3.63, 3.8) is 0 Å². The lowest BCUT2D eigenvalue weighted by Gasteiger charge is -2.22. The van der Waals surface area contributed by atoms with E-state index in [0.717, 1.165) is 31.7 Å². The van der Waals surface area contributed by atoms with Crippen LogP contribution in [0.3, 0.4) is 0 Å². The Morgan fingerprint density at radius 3 is 2.12 bits per heavy atom. The lowest BCUT2D eigenvalue weighted by Crippen LogP contribution is -2.43. The first-order valence-corrected chi connectivity index (χ1v) is 11.3. The number of aryl methyl sites for hydroxylation is 4. The van der Waals surface area contributed by atoms with Crippen molar-refractivity contribution in [2.45, 2.75) is 25.9 Å². The van der Waals surface area contributed by atoms with E-state index in [1.54, 1.807) is 7.11 Å². The summed E-state index contributed by atoms with van der Waals surface area (Å²) < 4.78 is 10.1. The summed E-state index contributed by atoms with van der Waals surface area (Å²) in [5.74, 6) is 0.881. The van der Waals surface area contributed by atoms with Crippen molar-refractivity contribution in [1.29, 1.82) is 0 Å². The van der Waals surface area contributed by atoms with Gasteiger partial charge in [0.15, 0.2) is 25.5 Å². The second-order valence-corrected chi connectivity index (χ2v) is 8.56. The number of methoxy groups -OCH3 is 1. The van der Waals surface area contributed by atoms with Crippen LogP contribution in [0.1, 0.15) is 22.3 Å². The number of fused-ring (bicyclic) bond motifs is 7. The standard InChI is InChI=1S/C29H26N2O/c1-32-25-11-7-21(8-12-25)5-6-22-13-17-31-19-15-24-10-9-23-14-18-30-16-3-2-4-26(30)28(23)29(24)27(31)20-22/h2-13,16-17,20H,14-15,18-19H2,1H3/q+2. The highest BCUT2D eigenvalue weighted by atomic mass is 16.5. The molecule has 4 heterocycles. The van der Waals surface area contributed by atoms with Gasteiger partial charge in [0, 0.05) is 37.1 Å². The highest BCUT2D eigenvalue weighted by Gasteiger charge is 2.33. The van der Waals surface area contributed by atoms with Crippen LogP contribution in [0.25, 0.3) is 34.7 Å². The molecule has 0 N–H and O–H groups in total. The van der Waals surface area contributed by atoms with Gasteiger partial charge in [-0.15, -0.1) is 0 Å². The maximum absolute atomic E-state index is 5.27. The molecule has 2 aliphatic heterocycles. The van der Waals surface area contributed by atoms with Crippen molar-refractivity contribution in [3.8, 4) is 28.3 Å². The summed E-state index contributed by atoms with van der Waals surface area (Å²) in [6.07, 6.45) is 11.0. The van der Waals surface area contributed by atoms with Crippen LogP contribution < -0.4 is 13.9 Å². The zero-order valence-electron chi connectivity index (χ0n) is 18.3. The van der Waals surface area contributed by atoms with Gasteiger partial charge in [-0.3, -0.25) is 0 Å². The molecule has 0 spiro atoms. The minimum atomic E-state index is 0.881. The van der Waals surface area contributed by atoms with Crippen LogP contribution >= 0.6 is 0 Å². The van der Waals surface area contributed by atoms with Crippen LogP contribution in [0.4, 0.5) is 0 Å². The fraction of sp³-hybridized carbons (Fsp3) is 0.172. The van der Waals surface area contributed by atoms with E-state index in [1.807, 2.05) is 12.1 Å². The Balaban J connectivity index is 1.45. The molecule has 0 saturated heterocycles. The van der Waals surface area contributed by atoms with Gasteiger partial charge >= 0.3 is 0 Å². The first kappa shape index (κ1) is 19.0. The second-order valence-electron chi connectivity index (χ2n) is 8.56. The number of pyridine rings is 2. The molecule has 0 atom stereocenters. The Bertz CT molecular complexity index is 1350. The third-order valence-corrected chi connectivity index (χ3v) is 6.72. The monoisotopic (exact) mass is 418 g/mol. The van der Waals surface area contributed by atoms with Gasteiger partial charge in [0.05, 0.1) is 18.2 Å². The maximum atomic E-state index is 5.27. The molecule has 3 heteroatoms. The first-order chi connectivity index (χ1) is 15.8. The molecule has 0 bridgehead atoms. The summed E-state index contributed by atoms with van der Waals surface area (Å²) >= 11 is 0. The Kier molecular flexibility index (Phi) is 4.61. The topological polar surface area (TPSA) is 17.0 Å². The Morgan fingerprint density at radius 2 is 1.38 bits per heavy atom. The summed E-state index contributed by atoms with van der Waals surface area (Å²) in [4.78, 5) is 0. The zero-order valence-corrected chi connectivity index (χ0v) is 18.3. The first-order valence-electron chi connectivity index (χ1n) is 11.3. The Hall–Kier alpha value is -3.72. The molecule has 2 aromatic carbocycles. The van der Waals surface area contributed by atoms with Crippen LogP contribution in [0.5, 0.6) is 5.75 Å². The number of aromatic nitrogens is 2. The number of benzene rings is 2. The van der Waals surface area contributed by atoms with Gasteiger partial charge in [-0.25, -0.2) is 0 Å². The molecule has 3 nitrogen and oxygen atoms in total. The van der Waals surface area contributed by atoms with Crippen LogP contribution in [-0.4, -0.2) is 7.11 Å². The molecule has 0 radical (unpaired) electrons. The van der Waals surface area contributed by atoms with Crippen LogP contribution in [-0.2, 0) is 25.9 Å². The van der Waals surface area contributed by atoms with Gasteiger partial charge in [0.1, 0.15) is 5.75 Å². The highest BCUT2D eigenvalue weighted by molar-refractivity contribution is 5.85. The molecule has 2 aliphatic rings. The molecule has 6 rings (SSSR count). The van der Waals surface area contributed by atoms with E-state index < -0.39 is 0 Å². The average Bonchev–Trinajstić information content (AvgIpc) is 2.87. The molecule has 0 saturated carbocycles. The van der Waals surface area contributed by atoms with Crippen molar-refractivity contribution >= 4 is 12.2 Å². The molecule has 0 amide bonds. The molecule has 4 aromatic rings. The molecule has 156 valence electrons. The van der Waals surface area contributed by atoms with E-state index in [2.05, 4.69) is 88.3 Å². The third kappa shape index (κ3) is 3.21. The fourth-order valence-electron chi connectivity index (χ4n) is 5.04. The minimum Gasteiger partial charge on any atom is -0.497 e.